The highest BCUT2D eigenvalue weighted by atomic mass is 19.1. The Morgan fingerprint density at radius 3 is 2.75 bits per heavy atom. The lowest BCUT2D eigenvalue weighted by atomic mass is 10.0. The Morgan fingerprint density at radius 2 is 2.00 bits per heavy atom. The van der Waals surface area contributed by atoms with E-state index in [0.29, 0.717) is 18.7 Å². The Hall–Kier alpha value is -2.82. The summed E-state index contributed by atoms with van der Waals surface area (Å²) in [6, 6.07) is 11.6. The number of hydrogen-bond acceptors (Lipinski definition) is 2. The van der Waals surface area contributed by atoms with Crippen LogP contribution in [0.15, 0.2) is 42.5 Å². The summed E-state index contributed by atoms with van der Waals surface area (Å²) < 4.78 is 18.4. The molecule has 1 aliphatic rings. The van der Waals surface area contributed by atoms with Crippen LogP contribution in [-0.4, -0.2) is 29.4 Å². The third kappa shape index (κ3) is 2.42. The van der Waals surface area contributed by atoms with Gasteiger partial charge in [-0.2, -0.15) is 0 Å². The number of methoxy groups -OCH3 is 1. The normalized spacial score (nSPS) is 13.8. The number of aromatic amines is 1. The van der Waals surface area contributed by atoms with Crippen molar-refractivity contribution in [3.05, 3.63) is 65.1 Å². The Labute approximate surface area is 138 Å². The van der Waals surface area contributed by atoms with E-state index in [0.717, 1.165) is 28.6 Å². The highest BCUT2D eigenvalue weighted by Crippen LogP contribution is 2.30. The molecule has 0 unspecified atom stereocenters. The molecule has 24 heavy (non-hydrogen) atoms. The summed E-state index contributed by atoms with van der Waals surface area (Å²) in [7, 11) is 1.64. The van der Waals surface area contributed by atoms with Gasteiger partial charge in [-0.1, -0.05) is 0 Å². The number of nitrogens with zero attached hydrogens (tertiary/aromatic N) is 1. The Kier molecular flexibility index (Phi) is 3.49. The van der Waals surface area contributed by atoms with Gasteiger partial charge in [0.1, 0.15) is 11.6 Å². The second-order valence-corrected chi connectivity index (χ2v) is 5.98. The summed E-state index contributed by atoms with van der Waals surface area (Å²) >= 11 is 0. The molecule has 0 fully saturated rings. The van der Waals surface area contributed by atoms with Crippen molar-refractivity contribution in [2.75, 3.05) is 13.7 Å². The third-order valence-electron chi connectivity index (χ3n) is 4.56. The van der Waals surface area contributed by atoms with Gasteiger partial charge in [0, 0.05) is 47.2 Å². The summed E-state index contributed by atoms with van der Waals surface area (Å²) in [5.74, 6) is 0.389. The molecular weight excluding hydrogens is 307 g/mol. The molecular formula is C19H17FN2O2. The van der Waals surface area contributed by atoms with E-state index in [1.165, 1.54) is 30.0 Å². The molecule has 1 amide bonds. The fourth-order valence-electron chi connectivity index (χ4n) is 3.27. The lowest BCUT2D eigenvalue weighted by molar-refractivity contribution is 0.0735. The summed E-state index contributed by atoms with van der Waals surface area (Å²) in [4.78, 5) is 17.9. The highest BCUT2D eigenvalue weighted by Gasteiger charge is 2.25. The zero-order valence-electron chi connectivity index (χ0n) is 13.3. The number of halogens is 1. The molecule has 3 aromatic rings. The van der Waals surface area contributed by atoms with Crippen molar-refractivity contribution in [1.82, 2.24) is 9.88 Å². The Balaban J connectivity index is 1.67. The van der Waals surface area contributed by atoms with Crippen molar-refractivity contribution in [1.29, 1.82) is 0 Å². The SMILES string of the molecule is COc1ccc2[nH]c3c(c2c1)CN(C(=O)c1ccc(F)cc1)CC3. The number of benzene rings is 2. The number of ether oxygens (including phenoxy) is 1. The Morgan fingerprint density at radius 1 is 1.21 bits per heavy atom. The standard InChI is InChI=1S/C19H17FN2O2/c1-24-14-6-7-17-15(10-14)16-11-22(9-8-18(16)21-17)19(23)12-2-4-13(20)5-3-12/h2-7,10,21H,8-9,11H2,1H3. The number of amides is 1. The van der Waals surface area contributed by atoms with Gasteiger partial charge < -0.3 is 14.6 Å². The monoisotopic (exact) mass is 324 g/mol. The molecule has 1 aliphatic heterocycles. The minimum absolute atomic E-state index is 0.0714. The number of carbonyl (C=O) groups excluding carboxylic acids is 1. The van der Waals surface area contributed by atoms with Crippen molar-refractivity contribution in [3.63, 3.8) is 0 Å². The minimum Gasteiger partial charge on any atom is -0.497 e. The predicted molar refractivity (Wildman–Crippen MR) is 89.7 cm³/mol. The first-order chi connectivity index (χ1) is 11.7. The van der Waals surface area contributed by atoms with Crippen molar-refractivity contribution in [2.24, 2.45) is 0 Å². The second-order valence-electron chi connectivity index (χ2n) is 5.98. The molecule has 0 radical (unpaired) electrons. The zero-order chi connectivity index (χ0) is 16.7. The predicted octanol–water partition coefficient (Wildman–Crippen LogP) is 3.51. The molecule has 122 valence electrons. The second kappa shape index (κ2) is 5.67. The van der Waals surface area contributed by atoms with Crippen LogP contribution in [0.2, 0.25) is 0 Å². The van der Waals surface area contributed by atoms with Crippen LogP contribution in [0, 0.1) is 5.82 Å². The van der Waals surface area contributed by atoms with Crippen molar-refractivity contribution in [2.45, 2.75) is 13.0 Å². The number of fused-ring (bicyclic) bond motifs is 3. The molecule has 5 heteroatoms. The van der Waals surface area contributed by atoms with Crippen LogP contribution in [0.25, 0.3) is 10.9 Å². The van der Waals surface area contributed by atoms with E-state index in [1.807, 2.05) is 23.1 Å². The lowest BCUT2D eigenvalue weighted by Gasteiger charge is -2.27. The van der Waals surface area contributed by atoms with Gasteiger partial charge in [0.25, 0.3) is 5.91 Å². The van der Waals surface area contributed by atoms with Gasteiger partial charge in [-0.15, -0.1) is 0 Å². The quantitative estimate of drug-likeness (QED) is 0.784. The average Bonchev–Trinajstić information content (AvgIpc) is 2.98. The summed E-state index contributed by atoms with van der Waals surface area (Å²) in [5, 5.41) is 1.08. The van der Waals surface area contributed by atoms with E-state index < -0.39 is 0 Å². The maximum absolute atomic E-state index is 13.1. The number of carbonyl (C=O) groups is 1. The van der Waals surface area contributed by atoms with Gasteiger partial charge in [-0.25, -0.2) is 4.39 Å². The maximum Gasteiger partial charge on any atom is 0.254 e. The average molecular weight is 324 g/mol. The molecule has 0 bridgehead atoms. The van der Waals surface area contributed by atoms with Gasteiger partial charge in [0.2, 0.25) is 0 Å². The topological polar surface area (TPSA) is 45.3 Å². The molecule has 1 aromatic heterocycles. The molecule has 1 N–H and O–H groups in total. The van der Waals surface area contributed by atoms with Crippen molar-refractivity contribution in [3.8, 4) is 5.75 Å². The number of rotatable bonds is 2. The smallest absolute Gasteiger partial charge is 0.254 e. The van der Waals surface area contributed by atoms with Crippen LogP contribution in [0.5, 0.6) is 5.75 Å². The van der Waals surface area contributed by atoms with Crippen molar-refractivity contribution < 1.29 is 13.9 Å². The van der Waals surface area contributed by atoms with E-state index in [2.05, 4.69) is 4.98 Å². The molecule has 0 spiro atoms. The van der Waals surface area contributed by atoms with Crippen LogP contribution < -0.4 is 4.74 Å². The summed E-state index contributed by atoms with van der Waals surface area (Å²) in [6.07, 6.45) is 0.777. The largest absolute Gasteiger partial charge is 0.497 e. The zero-order valence-corrected chi connectivity index (χ0v) is 13.3. The first kappa shape index (κ1) is 14.8. The number of H-pyrrole nitrogens is 1. The molecule has 4 rings (SSSR count). The van der Waals surface area contributed by atoms with Gasteiger partial charge in [0.15, 0.2) is 0 Å². The Bertz CT molecular complexity index is 915. The first-order valence-electron chi connectivity index (χ1n) is 7.88. The van der Waals surface area contributed by atoms with E-state index in [4.69, 9.17) is 4.74 Å². The van der Waals surface area contributed by atoms with Gasteiger partial charge >= 0.3 is 0 Å². The van der Waals surface area contributed by atoms with Crippen molar-refractivity contribution >= 4 is 16.8 Å². The van der Waals surface area contributed by atoms with Crippen LogP contribution >= 0.6 is 0 Å². The molecule has 4 nitrogen and oxygen atoms in total. The molecule has 0 saturated heterocycles. The highest BCUT2D eigenvalue weighted by molar-refractivity contribution is 5.95. The van der Waals surface area contributed by atoms with Crippen LogP contribution in [0.1, 0.15) is 21.6 Å². The minimum atomic E-state index is -0.337. The molecule has 0 saturated carbocycles. The van der Waals surface area contributed by atoms with Gasteiger partial charge in [0.05, 0.1) is 7.11 Å². The van der Waals surface area contributed by atoms with Crippen LogP contribution in [-0.2, 0) is 13.0 Å². The lowest BCUT2D eigenvalue weighted by Crippen LogP contribution is -2.35. The van der Waals surface area contributed by atoms with E-state index in [9.17, 15) is 9.18 Å². The summed E-state index contributed by atoms with van der Waals surface area (Å²) in [6.45, 7) is 1.19. The van der Waals surface area contributed by atoms with Crippen LogP contribution in [0.4, 0.5) is 4.39 Å². The van der Waals surface area contributed by atoms with Crippen LogP contribution in [0.3, 0.4) is 0 Å². The molecule has 2 aromatic carbocycles. The van der Waals surface area contributed by atoms with Gasteiger partial charge in [-0.3, -0.25) is 4.79 Å². The fourth-order valence-corrected chi connectivity index (χ4v) is 3.27. The summed E-state index contributed by atoms with van der Waals surface area (Å²) in [5.41, 5.74) is 3.86. The molecule has 2 heterocycles. The number of hydrogen-bond donors (Lipinski definition) is 1. The van der Waals surface area contributed by atoms with E-state index in [1.54, 1.807) is 7.11 Å². The first-order valence-corrected chi connectivity index (χ1v) is 7.88. The third-order valence-corrected chi connectivity index (χ3v) is 4.56. The van der Waals surface area contributed by atoms with Gasteiger partial charge in [-0.05, 0) is 42.5 Å². The number of nitrogens with one attached hydrogen (secondary N) is 1. The van der Waals surface area contributed by atoms with E-state index >= 15 is 0 Å². The number of aromatic nitrogens is 1. The maximum atomic E-state index is 13.1. The molecule has 0 atom stereocenters. The fraction of sp³-hybridized carbons (Fsp3) is 0.211. The molecule has 0 aliphatic carbocycles. The van der Waals surface area contributed by atoms with E-state index in [-0.39, 0.29) is 11.7 Å².